The van der Waals surface area contributed by atoms with E-state index in [2.05, 4.69) is 11.9 Å². The van der Waals surface area contributed by atoms with Crippen molar-refractivity contribution in [2.45, 2.75) is 58.3 Å². The number of pyridine rings is 1. The molecular weight excluding hydrogens is 318 g/mol. The molecule has 0 fully saturated rings. The first-order valence-corrected chi connectivity index (χ1v) is 8.91. The van der Waals surface area contributed by atoms with Crippen LogP contribution >= 0.6 is 0 Å². The van der Waals surface area contributed by atoms with Crippen molar-refractivity contribution < 1.29 is 14.7 Å². The first kappa shape index (κ1) is 18.9. The minimum absolute atomic E-state index is 0.0137. The van der Waals surface area contributed by atoms with Gasteiger partial charge >= 0.3 is 5.97 Å². The van der Waals surface area contributed by atoms with Gasteiger partial charge in [0.05, 0.1) is 5.56 Å². The van der Waals surface area contributed by atoms with Crippen LogP contribution in [0.1, 0.15) is 67.1 Å². The number of H-pyrrole nitrogens is 1. The van der Waals surface area contributed by atoms with Gasteiger partial charge in [0.1, 0.15) is 0 Å². The molecule has 0 spiro atoms. The number of carboxylic acid groups (broad SMARTS) is 1. The molecule has 0 saturated carbocycles. The van der Waals surface area contributed by atoms with E-state index in [-0.39, 0.29) is 17.4 Å². The largest absolute Gasteiger partial charge is 0.481 e. The fourth-order valence-corrected chi connectivity index (χ4v) is 3.03. The van der Waals surface area contributed by atoms with Crippen LogP contribution in [0.5, 0.6) is 0 Å². The van der Waals surface area contributed by atoms with Crippen LogP contribution < -0.4 is 5.43 Å². The molecule has 5 heteroatoms. The Morgan fingerprint density at radius 2 is 1.92 bits per heavy atom. The van der Waals surface area contributed by atoms with Crippen LogP contribution in [0.4, 0.5) is 0 Å². The van der Waals surface area contributed by atoms with E-state index in [9.17, 15) is 14.4 Å². The van der Waals surface area contributed by atoms with E-state index < -0.39 is 5.97 Å². The predicted octanol–water partition coefficient (Wildman–Crippen LogP) is 3.87. The number of carbonyl (C=O) groups is 2. The summed E-state index contributed by atoms with van der Waals surface area (Å²) in [6.45, 7) is 2.16. The Kier molecular flexibility index (Phi) is 6.92. The summed E-state index contributed by atoms with van der Waals surface area (Å²) < 4.78 is 0. The highest BCUT2D eigenvalue weighted by Crippen LogP contribution is 2.16. The van der Waals surface area contributed by atoms with Crippen molar-refractivity contribution in [2.75, 3.05) is 0 Å². The summed E-state index contributed by atoms with van der Waals surface area (Å²) in [5.74, 6) is -0.874. The molecular formula is C20H25NO4. The van der Waals surface area contributed by atoms with Crippen LogP contribution in [0.3, 0.4) is 0 Å². The standard InChI is InChI=1S/C20H25NO4/c1-2-3-4-5-6-7-17-16(13-22)20(25)15-12-14(9-11-19(23)24)8-10-18(15)21-17/h8,10,12-13H,2-7,9,11H2,1H3,(H,21,25)(H,23,24). The van der Waals surface area contributed by atoms with Crippen molar-refractivity contribution in [2.24, 2.45) is 0 Å². The third-order valence-corrected chi connectivity index (χ3v) is 4.46. The van der Waals surface area contributed by atoms with Gasteiger partial charge in [-0.2, -0.15) is 0 Å². The van der Waals surface area contributed by atoms with Crippen LogP contribution in [0.25, 0.3) is 10.9 Å². The highest BCUT2D eigenvalue weighted by molar-refractivity contribution is 5.87. The van der Waals surface area contributed by atoms with Crippen molar-refractivity contribution in [1.82, 2.24) is 4.98 Å². The maximum atomic E-state index is 12.6. The molecule has 0 saturated heterocycles. The van der Waals surface area contributed by atoms with E-state index in [1.54, 1.807) is 12.1 Å². The Balaban J connectivity index is 2.26. The van der Waals surface area contributed by atoms with Crippen molar-refractivity contribution in [3.63, 3.8) is 0 Å². The smallest absolute Gasteiger partial charge is 0.303 e. The number of carbonyl (C=O) groups excluding carboxylic acids is 1. The number of fused-ring (bicyclic) bond motifs is 1. The van der Waals surface area contributed by atoms with Crippen LogP contribution in [-0.4, -0.2) is 22.3 Å². The Morgan fingerprint density at radius 3 is 2.60 bits per heavy atom. The predicted molar refractivity (Wildman–Crippen MR) is 98.4 cm³/mol. The molecule has 25 heavy (non-hydrogen) atoms. The third-order valence-electron chi connectivity index (χ3n) is 4.46. The van der Waals surface area contributed by atoms with Crippen molar-refractivity contribution in [3.05, 3.63) is 45.2 Å². The summed E-state index contributed by atoms with van der Waals surface area (Å²) in [5.41, 5.74) is 2.09. The topological polar surface area (TPSA) is 87.2 Å². The van der Waals surface area contributed by atoms with Gasteiger partial charge in [-0.15, -0.1) is 0 Å². The lowest BCUT2D eigenvalue weighted by molar-refractivity contribution is -0.136. The SMILES string of the molecule is CCCCCCCc1[nH]c2ccc(CCC(=O)O)cc2c(=O)c1C=O. The van der Waals surface area contributed by atoms with Crippen molar-refractivity contribution in [3.8, 4) is 0 Å². The molecule has 0 atom stereocenters. The molecule has 0 aliphatic rings. The Hall–Kier alpha value is -2.43. The number of nitrogens with one attached hydrogen (secondary N) is 1. The van der Waals surface area contributed by atoms with Gasteiger partial charge < -0.3 is 10.1 Å². The average Bonchev–Trinajstić information content (AvgIpc) is 2.60. The fourth-order valence-electron chi connectivity index (χ4n) is 3.03. The summed E-state index contributed by atoms with van der Waals surface area (Å²) in [7, 11) is 0. The maximum absolute atomic E-state index is 12.6. The van der Waals surface area contributed by atoms with Crippen LogP contribution in [0.15, 0.2) is 23.0 Å². The average molecular weight is 343 g/mol. The summed E-state index contributed by atoms with van der Waals surface area (Å²) in [6.07, 6.45) is 7.26. The number of carboxylic acids is 1. The number of aldehydes is 1. The van der Waals surface area contributed by atoms with E-state index in [0.717, 1.165) is 24.8 Å². The molecule has 0 aliphatic heterocycles. The monoisotopic (exact) mass is 343 g/mol. The number of aromatic amines is 1. The number of rotatable bonds is 10. The molecule has 0 bridgehead atoms. The Labute approximate surface area is 147 Å². The molecule has 1 aromatic heterocycles. The molecule has 0 amide bonds. The molecule has 5 nitrogen and oxygen atoms in total. The summed E-state index contributed by atoms with van der Waals surface area (Å²) in [4.78, 5) is 38.0. The number of hydrogen-bond acceptors (Lipinski definition) is 3. The van der Waals surface area contributed by atoms with E-state index >= 15 is 0 Å². The molecule has 0 radical (unpaired) electrons. The highest BCUT2D eigenvalue weighted by atomic mass is 16.4. The fraction of sp³-hybridized carbons (Fsp3) is 0.450. The van der Waals surface area contributed by atoms with E-state index in [1.165, 1.54) is 12.8 Å². The number of aryl methyl sites for hydroxylation is 2. The maximum Gasteiger partial charge on any atom is 0.303 e. The minimum atomic E-state index is -0.874. The van der Waals surface area contributed by atoms with Crippen molar-refractivity contribution in [1.29, 1.82) is 0 Å². The number of aliphatic carboxylic acids is 1. The van der Waals surface area contributed by atoms with Gasteiger partial charge in [-0.25, -0.2) is 0 Å². The van der Waals surface area contributed by atoms with Crippen LogP contribution in [0, 0.1) is 0 Å². The highest BCUT2D eigenvalue weighted by Gasteiger charge is 2.12. The summed E-state index contributed by atoms with van der Waals surface area (Å²) >= 11 is 0. The van der Waals surface area contributed by atoms with E-state index in [0.29, 0.717) is 35.7 Å². The van der Waals surface area contributed by atoms with Gasteiger partial charge in [-0.1, -0.05) is 38.7 Å². The van der Waals surface area contributed by atoms with Crippen LogP contribution in [0.2, 0.25) is 0 Å². The lowest BCUT2D eigenvalue weighted by Gasteiger charge is -2.09. The minimum Gasteiger partial charge on any atom is -0.481 e. The Morgan fingerprint density at radius 1 is 1.16 bits per heavy atom. The number of aromatic nitrogens is 1. The summed E-state index contributed by atoms with van der Waals surface area (Å²) in [6, 6.07) is 5.31. The molecule has 0 aliphatic carbocycles. The second-order valence-corrected chi connectivity index (χ2v) is 6.40. The second-order valence-electron chi connectivity index (χ2n) is 6.40. The van der Waals surface area contributed by atoms with Gasteiger partial charge in [0.15, 0.2) is 11.7 Å². The lowest BCUT2D eigenvalue weighted by atomic mass is 10.0. The quantitative estimate of drug-likeness (QED) is 0.506. The van der Waals surface area contributed by atoms with Gasteiger partial charge in [-0.3, -0.25) is 14.4 Å². The van der Waals surface area contributed by atoms with Gasteiger partial charge in [0.2, 0.25) is 0 Å². The molecule has 2 N–H and O–H groups in total. The molecule has 2 rings (SSSR count). The van der Waals surface area contributed by atoms with Gasteiger partial charge in [0, 0.05) is 23.0 Å². The molecule has 2 aromatic rings. The molecule has 1 heterocycles. The zero-order chi connectivity index (χ0) is 18.2. The Bertz CT molecular complexity index is 807. The normalized spacial score (nSPS) is 10.9. The van der Waals surface area contributed by atoms with Crippen LogP contribution in [-0.2, 0) is 17.6 Å². The number of unbranched alkanes of at least 4 members (excludes halogenated alkanes) is 4. The molecule has 134 valence electrons. The first-order valence-electron chi connectivity index (χ1n) is 8.91. The van der Waals surface area contributed by atoms with E-state index in [4.69, 9.17) is 5.11 Å². The number of benzene rings is 1. The molecule has 1 aromatic carbocycles. The summed E-state index contributed by atoms with van der Waals surface area (Å²) in [5, 5.41) is 9.23. The molecule has 0 unspecified atom stereocenters. The zero-order valence-corrected chi connectivity index (χ0v) is 14.6. The van der Waals surface area contributed by atoms with Crippen molar-refractivity contribution >= 4 is 23.2 Å². The second kappa shape index (κ2) is 9.16. The zero-order valence-electron chi connectivity index (χ0n) is 14.6. The number of hydrogen-bond donors (Lipinski definition) is 2. The van der Waals surface area contributed by atoms with Gasteiger partial charge in [0.25, 0.3) is 0 Å². The third kappa shape index (κ3) is 5.02. The lowest BCUT2D eigenvalue weighted by Crippen LogP contribution is -2.15. The van der Waals surface area contributed by atoms with E-state index in [1.807, 2.05) is 6.07 Å². The first-order chi connectivity index (χ1) is 12.1. The van der Waals surface area contributed by atoms with Gasteiger partial charge in [-0.05, 0) is 37.0 Å².